The van der Waals surface area contributed by atoms with Crippen LogP contribution in [0.25, 0.3) is 0 Å². The second-order valence-electron chi connectivity index (χ2n) is 5.04. The maximum absolute atomic E-state index is 12.4. The molecule has 0 aliphatic carbocycles. The van der Waals surface area contributed by atoms with E-state index in [1.165, 1.54) is 13.0 Å². The van der Waals surface area contributed by atoms with E-state index in [1.807, 2.05) is 6.07 Å². The number of pyridine rings is 1. The predicted octanol–water partition coefficient (Wildman–Crippen LogP) is 2.57. The molecule has 1 aromatic heterocycles. The molecule has 0 radical (unpaired) electrons. The van der Waals surface area contributed by atoms with Gasteiger partial charge in [-0.05, 0) is 26.0 Å². The van der Waals surface area contributed by atoms with E-state index in [1.54, 1.807) is 6.92 Å². The number of hydrogen-bond acceptors (Lipinski definition) is 7. The average Bonchev–Trinajstić information content (AvgIpc) is 2.55. The van der Waals surface area contributed by atoms with Crippen LogP contribution in [0.4, 0.5) is 11.4 Å². The number of carboxylic acids is 1. The zero-order valence-corrected chi connectivity index (χ0v) is 13.4. The number of aromatic carboxylic acids is 1. The summed E-state index contributed by atoms with van der Waals surface area (Å²) >= 11 is 0. The van der Waals surface area contributed by atoms with Crippen LogP contribution in [0.3, 0.4) is 0 Å². The number of aromatic nitrogens is 1. The van der Waals surface area contributed by atoms with Crippen LogP contribution in [-0.2, 0) is 6.54 Å². The van der Waals surface area contributed by atoms with E-state index in [9.17, 15) is 19.8 Å². The second kappa shape index (κ2) is 6.84. The monoisotopic (exact) mass is 342 g/mol. The van der Waals surface area contributed by atoms with Crippen molar-refractivity contribution < 1.29 is 20.1 Å². The molecule has 2 rings (SSSR count). The molecule has 0 bridgehead atoms. The van der Waals surface area contributed by atoms with Gasteiger partial charge in [-0.15, -0.1) is 5.11 Å². The van der Waals surface area contributed by atoms with Crippen molar-refractivity contribution in [3.8, 4) is 17.7 Å². The van der Waals surface area contributed by atoms with E-state index < -0.39 is 23.2 Å². The second-order valence-corrected chi connectivity index (χ2v) is 5.04. The highest BCUT2D eigenvalue weighted by atomic mass is 16.4. The number of benzene rings is 1. The lowest BCUT2D eigenvalue weighted by Gasteiger charge is -2.10. The molecule has 1 heterocycles. The Morgan fingerprint density at radius 2 is 2.00 bits per heavy atom. The summed E-state index contributed by atoms with van der Waals surface area (Å²) in [7, 11) is 0. The third-order valence-electron chi connectivity index (χ3n) is 3.56. The lowest BCUT2D eigenvalue weighted by atomic mass is 10.1. The first-order chi connectivity index (χ1) is 11.8. The number of aromatic hydroxyl groups is 2. The minimum Gasteiger partial charge on any atom is -0.507 e. The standard InChI is InChI=1S/C16H14N4O5/c1-3-20-14(22)11(7-17)8(2)13(15(20)23)19-18-9-4-5-10(16(24)25)12(21)6-9/h4-6,21-22H,3H2,1-2H3,(H,24,25). The number of rotatable bonds is 4. The lowest BCUT2D eigenvalue weighted by Crippen LogP contribution is -2.20. The highest BCUT2D eigenvalue weighted by Crippen LogP contribution is 2.28. The highest BCUT2D eigenvalue weighted by Gasteiger charge is 2.18. The van der Waals surface area contributed by atoms with Crippen molar-refractivity contribution in [3.63, 3.8) is 0 Å². The fraction of sp³-hybridized carbons (Fsp3) is 0.188. The number of phenols is 1. The van der Waals surface area contributed by atoms with Crippen LogP contribution < -0.4 is 5.56 Å². The Morgan fingerprint density at radius 3 is 2.52 bits per heavy atom. The average molecular weight is 342 g/mol. The van der Waals surface area contributed by atoms with Crippen molar-refractivity contribution in [1.82, 2.24) is 4.57 Å². The van der Waals surface area contributed by atoms with E-state index >= 15 is 0 Å². The summed E-state index contributed by atoms with van der Waals surface area (Å²) in [5.41, 5.74) is -0.829. The van der Waals surface area contributed by atoms with E-state index in [4.69, 9.17) is 10.4 Å². The fourth-order valence-corrected chi connectivity index (χ4v) is 2.22. The number of hydrogen-bond donors (Lipinski definition) is 3. The Kier molecular flexibility index (Phi) is 4.84. The maximum atomic E-state index is 12.4. The molecule has 9 heteroatoms. The van der Waals surface area contributed by atoms with Gasteiger partial charge >= 0.3 is 5.97 Å². The molecule has 25 heavy (non-hydrogen) atoms. The maximum Gasteiger partial charge on any atom is 0.339 e. The third kappa shape index (κ3) is 3.18. The van der Waals surface area contributed by atoms with Gasteiger partial charge in [0.05, 0.1) is 5.69 Å². The Morgan fingerprint density at radius 1 is 1.32 bits per heavy atom. The first-order valence-corrected chi connectivity index (χ1v) is 7.16. The van der Waals surface area contributed by atoms with Gasteiger partial charge in [0, 0.05) is 18.2 Å². The van der Waals surface area contributed by atoms with Gasteiger partial charge in [0.1, 0.15) is 22.9 Å². The summed E-state index contributed by atoms with van der Waals surface area (Å²) < 4.78 is 0.991. The van der Waals surface area contributed by atoms with Crippen molar-refractivity contribution in [2.45, 2.75) is 20.4 Å². The van der Waals surface area contributed by atoms with Gasteiger partial charge in [0.25, 0.3) is 5.56 Å². The van der Waals surface area contributed by atoms with Crippen molar-refractivity contribution in [2.24, 2.45) is 10.2 Å². The van der Waals surface area contributed by atoms with E-state index in [0.29, 0.717) is 0 Å². The van der Waals surface area contributed by atoms with Gasteiger partial charge in [-0.3, -0.25) is 9.36 Å². The number of azo groups is 1. The number of nitriles is 1. The molecule has 0 saturated carbocycles. The summed E-state index contributed by atoms with van der Waals surface area (Å²) in [5.74, 6) is -2.22. The van der Waals surface area contributed by atoms with Gasteiger partial charge in [-0.1, -0.05) is 0 Å². The number of nitrogens with zero attached hydrogens (tertiary/aromatic N) is 4. The molecule has 3 N–H and O–H groups in total. The van der Waals surface area contributed by atoms with Crippen LogP contribution in [0.1, 0.15) is 28.4 Å². The van der Waals surface area contributed by atoms with Gasteiger partial charge in [-0.2, -0.15) is 10.4 Å². The van der Waals surface area contributed by atoms with Crippen molar-refractivity contribution in [3.05, 3.63) is 45.2 Å². The molecule has 0 saturated heterocycles. The molecule has 9 nitrogen and oxygen atoms in total. The fourth-order valence-electron chi connectivity index (χ4n) is 2.22. The lowest BCUT2D eigenvalue weighted by molar-refractivity contribution is 0.0694. The molecule has 0 fully saturated rings. The van der Waals surface area contributed by atoms with Crippen LogP contribution in [0.2, 0.25) is 0 Å². The molecular formula is C16H14N4O5. The van der Waals surface area contributed by atoms with Crippen molar-refractivity contribution in [2.75, 3.05) is 0 Å². The summed E-state index contributed by atoms with van der Waals surface area (Å²) in [6.07, 6.45) is 0. The highest BCUT2D eigenvalue weighted by molar-refractivity contribution is 5.91. The summed E-state index contributed by atoms with van der Waals surface area (Å²) in [6, 6.07) is 5.37. The molecule has 1 aromatic carbocycles. The molecule has 0 atom stereocenters. The van der Waals surface area contributed by atoms with Crippen molar-refractivity contribution in [1.29, 1.82) is 5.26 Å². The molecule has 0 spiro atoms. The van der Waals surface area contributed by atoms with Gasteiger partial charge < -0.3 is 15.3 Å². The molecule has 0 aliphatic rings. The summed E-state index contributed by atoms with van der Waals surface area (Å²) in [5, 5.41) is 45.2. The Labute approximate surface area is 141 Å². The normalized spacial score (nSPS) is 10.8. The topological polar surface area (TPSA) is 148 Å². The Hall–Kier alpha value is -3.67. The van der Waals surface area contributed by atoms with E-state index in [0.717, 1.165) is 16.7 Å². The van der Waals surface area contributed by atoms with Gasteiger partial charge in [-0.25, -0.2) is 4.79 Å². The van der Waals surface area contributed by atoms with Gasteiger partial charge in [0.15, 0.2) is 5.69 Å². The quantitative estimate of drug-likeness (QED) is 0.727. The molecule has 0 aliphatic heterocycles. The molecular weight excluding hydrogens is 328 g/mol. The van der Waals surface area contributed by atoms with Crippen LogP contribution in [-0.4, -0.2) is 25.9 Å². The minimum absolute atomic E-state index is 0.0838. The number of carbonyl (C=O) groups is 1. The zero-order chi connectivity index (χ0) is 18.7. The predicted molar refractivity (Wildman–Crippen MR) is 86.7 cm³/mol. The first kappa shape index (κ1) is 17.7. The molecule has 2 aromatic rings. The largest absolute Gasteiger partial charge is 0.507 e. The summed E-state index contributed by atoms with van der Waals surface area (Å²) in [6.45, 7) is 3.22. The van der Waals surface area contributed by atoms with E-state index in [2.05, 4.69) is 10.2 Å². The van der Waals surface area contributed by atoms with Crippen LogP contribution in [0.5, 0.6) is 11.6 Å². The minimum atomic E-state index is -1.29. The first-order valence-electron chi connectivity index (χ1n) is 7.16. The SMILES string of the molecule is CCn1c(O)c(C#N)c(C)c(N=Nc2ccc(C(=O)O)c(O)c2)c1=O. The van der Waals surface area contributed by atoms with Crippen LogP contribution >= 0.6 is 0 Å². The zero-order valence-electron chi connectivity index (χ0n) is 13.4. The third-order valence-corrected chi connectivity index (χ3v) is 3.56. The molecule has 0 unspecified atom stereocenters. The molecule has 128 valence electrons. The number of carboxylic acid groups (broad SMARTS) is 1. The van der Waals surface area contributed by atoms with Crippen molar-refractivity contribution >= 4 is 17.3 Å². The Bertz CT molecular complexity index is 985. The molecule has 0 amide bonds. The summed E-state index contributed by atoms with van der Waals surface area (Å²) in [4.78, 5) is 23.2. The van der Waals surface area contributed by atoms with Crippen LogP contribution in [0, 0.1) is 18.3 Å². The van der Waals surface area contributed by atoms with Crippen LogP contribution in [0.15, 0.2) is 33.2 Å². The van der Waals surface area contributed by atoms with E-state index in [-0.39, 0.29) is 34.6 Å². The van der Waals surface area contributed by atoms with Gasteiger partial charge in [0.2, 0.25) is 5.88 Å². The Balaban J connectivity index is 2.56. The smallest absolute Gasteiger partial charge is 0.339 e.